The lowest BCUT2D eigenvalue weighted by Gasteiger charge is -2.32. The summed E-state index contributed by atoms with van der Waals surface area (Å²) < 4.78 is 58.9. The summed E-state index contributed by atoms with van der Waals surface area (Å²) in [4.78, 5) is 25.4. The molecule has 5 rings (SSSR count). The predicted octanol–water partition coefficient (Wildman–Crippen LogP) is 3.21. The summed E-state index contributed by atoms with van der Waals surface area (Å²) in [6.07, 6.45) is 2.05. The van der Waals surface area contributed by atoms with E-state index in [0.29, 0.717) is 0 Å². The Bertz CT molecular complexity index is 1560. The second-order valence-corrected chi connectivity index (χ2v) is 13.4. The first kappa shape index (κ1) is 33.9. The number of aliphatic hydroxyl groups is 2. The van der Waals surface area contributed by atoms with Gasteiger partial charge in [0.25, 0.3) is 0 Å². The molecule has 1 saturated heterocycles. The van der Waals surface area contributed by atoms with Gasteiger partial charge in [-0.25, -0.2) is 13.9 Å². The number of fused-ring (bicyclic) bond motifs is 1. The lowest BCUT2D eigenvalue weighted by Crippen LogP contribution is -2.53. The summed E-state index contributed by atoms with van der Waals surface area (Å²) in [6.45, 7) is 2.43. The van der Waals surface area contributed by atoms with E-state index in [0.717, 1.165) is 32.1 Å². The van der Waals surface area contributed by atoms with Crippen LogP contribution < -0.4 is 20.1 Å². The van der Waals surface area contributed by atoms with E-state index in [9.17, 15) is 24.0 Å². The monoisotopic (exact) mass is 666 g/mol. The second kappa shape index (κ2) is 13.8. The molecule has 252 valence electrons. The van der Waals surface area contributed by atoms with E-state index in [1.165, 1.54) is 36.9 Å². The first-order valence-corrected chi connectivity index (χ1v) is 16.7. The molecule has 2 aromatic heterocycles. The van der Waals surface area contributed by atoms with Gasteiger partial charge in [0.15, 0.2) is 23.0 Å². The number of anilines is 1. The Kier molecular flexibility index (Phi) is 10.2. The van der Waals surface area contributed by atoms with Crippen LogP contribution in [0.4, 0.5) is 10.3 Å². The number of nitrogens with zero attached hydrogens (tertiary/aromatic N) is 4. The van der Waals surface area contributed by atoms with Crippen LogP contribution in [0.1, 0.15) is 59.1 Å². The molecule has 0 radical (unpaired) electrons. The quantitative estimate of drug-likeness (QED) is 0.153. The van der Waals surface area contributed by atoms with Gasteiger partial charge >= 0.3 is 13.7 Å². The summed E-state index contributed by atoms with van der Waals surface area (Å²) in [6, 6.07) is 6.88. The lowest BCUT2D eigenvalue weighted by atomic mass is 9.88. The molecule has 17 heteroatoms. The fourth-order valence-electron chi connectivity index (χ4n) is 5.63. The van der Waals surface area contributed by atoms with Crippen molar-refractivity contribution < 1.29 is 47.2 Å². The Hall–Kier alpha value is -3.40. The Morgan fingerprint density at radius 1 is 1.26 bits per heavy atom. The molecule has 0 spiro atoms. The summed E-state index contributed by atoms with van der Waals surface area (Å²) in [5, 5.41) is 25.4. The van der Waals surface area contributed by atoms with E-state index < -0.39 is 56.6 Å². The van der Waals surface area contributed by atoms with Gasteiger partial charge in [0.2, 0.25) is 11.8 Å². The number of ether oxygens (including phenoxy) is 3. The standard InChI is InChI=1S/C29H40FN6O9P/c1-4-41-23-21-22(33-27(31)34-23)36(17-32-21)26-28(3,39)25(38)29(15-30,44-26)16-42-46(40,45-20-13-9-6-10-14-20)35-18(2)24(37)43-19-11-7-5-8-12-19/h6,9-10,13-14,17-19,25-26,38-39H,4-5,7-8,11-12,15-16H2,1-3H3,(H,35,40)(H2,31,33,34)/t18-,25?,26+,28+,29+,46?/m0/s1. The zero-order chi connectivity index (χ0) is 33.1. The molecule has 5 N–H and O–H groups in total. The molecule has 2 fully saturated rings. The number of nitrogens with two attached hydrogens (primary N) is 1. The first-order chi connectivity index (χ1) is 21.9. The Labute approximate surface area is 265 Å². The average molecular weight is 667 g/mol. The van der Waals surface area contributed by atoms with Crippen molar-refractivity contribution in [1.29, 1.82) is 0 Å². The van der Waals surface area contributed by atoms with Crippen LogP contribution in [0.5, 0.6) is 11.6 Å². The van der Waals surface area contributed by atoms with Gasteiger partial charge in [-0.2, -0.15) is 15.1 Å². The molecule has 0 amide bonds. The number of hydrogen-bond donors (Lipinski definition) is 4. The fraction of sp³-hybridized carbons (Fsp3) is 0.586. The van der Waals surface area contributed by atoms with Crippen molar-refractivity contribution >= 4 is 30.8 Å². The topological polar surface area (TPSA) is 202 Å². The summed E-state index contributed by atoms with van der Waals surface area (Å²) in [5.41, 5.74) is 1.75. The van der Waals surface area contributed by atoms with E-state index in [-0.39, 0.29) is 41.5 Å². The molecule has 15 nitrogen and oxygen atoms in total. The molecular weight excluding hydrogens is 626 g/mol. The molecule has 1 aromatic carbocycles. The number of aromatic nitrogens is 4. The number of carbonyl (C=O) groups is 1. The van der Waals surface area contributed by atoms with Crippen LogP contribution in [-0.2, 0) is 23.4 Å². The number of para-hydroxylation sites is 1. The lowest BCUT2D eigenvalue weighted by molar-refractivity contribution is -0.152. The predicted molar refractivity (Wildman–Crippen MR) is 163 cm³/mol. The third-order valence-corrected chi connectivity index (χ3v) is 9.68. The first-order valence-electron chi connectivity index (χ1n) is 15.2. The van der Waals surface area contributed by atoms with Crippen LogP contribution >= 0.6 is 7.75 Å². The number of halogens is 1. The molecule has 6 atom stereocenters. The number of esters is 1. The van der Waals surface area contributed by atoms with Crippen molar-refractivity contribution in [2.24, 2.45) is 0 Å². The smallest absolute Gasteiger partial charge is 0.459 e. The molecule has 3 aromatic rings. The van der Waals surface area contributed by atoms with Crippen molar-refractivity contribution in [3.63, 3.8) is 0 Å². The number of rotatable bonds is 13. The normalized spacial score (nSPS) is 27.3. The molecule has 2 unspecified atom stereocenters. The van der Waals surface area contributed by atoms with Gasteiger partial charge in [-0.3, -0.25) is 13.9 Å². The number of alkyl halides is 1. The average Bonchev–Trinajstić information content (AvgIpc) is 3.53. The summed E-state index contributed by atoms with van der Waals surface area (Å²) >= 11 is 0. The van der Waals surface area contributed by atoms with Crippen molar-refractivity contribution in [3.8, 4) is 11.6 Å². The summed E-state index contributed by atoms with van der Waals surface area (Å²) in [5.74, 6) is -0.599. The SMILES string of the molecule is CCOc1nc(N)nc2c1ncn2[C@@H]1O[C@](CF)(COP(=O)(N[C@@H](C)C(=O)OC2CCCCC2)Oc2ccccc2)C(O)[C@@]1(C)O. The fourth-order valence-corrected chi connectivity index (χ4v) is 7.17. The highest BCUT2D eigenvalue weighted by molar-refractivity contribution is 7.52. The Morgan fingerprint density at radius 2 is 1.98 bits per heavy atom. The van der Waals surface area contributed by atoms with Crippen LogP contribution in [0.2, 0.25) is 0 Å². The number of aliphatic hydroxyl groups excluding tert-OH is 1. The Morgan fingerprint density at radius 3 is 2.65 bits per heavy atom. The molecule has 3 heterocycles. The minimum atomic E-state index is -4.48. The van der Waals surface area contributed by atoms with Crippen LogP contribution in [0.15, 0.2) is 36.7 Å². The van der Waals surface area contributed by atoms with Crippen molar-refractivity contribution in [1.82, 2.24) is 24.6 Å². The van der Waals surface area contributed by atoms with Gasteiger partial charge in [-0.15, -0.1) is 0 Å². The third kappa shape index (κ3) is 6.97. The van der Waals surface area contributed by atoms with E-state index in [1.807, 2.05) is 0 Å². The van der Waals surface area contributed by atoms with Crippen molar-refractivity contribution in [3.05, 3.63) is 36.7 Å². The summed E-state index contributed by atoms with van der Waals surface area (Å²) in [7, 11) is -4.48. The Balaban J connectivity index is 1.40. The number of nitrogen functional groups attached to an aromatic ring is 1. The van der Waals surface area contributed by atoms with E-state index >= 15 is 0 Å². The van der Waals surface area contributed by atoms with E-state index in [4.69, 9.17) is 29.0 Å². The van der Waals surface area contributed by atoms with Crippen LogP contribution in [0.25, 0.3) is 11.2 Å². The highest BCUT2D eigenvalue weighted by Gasteiger charge is 2.63. The van der Waals surface area contributed by atoms with Gasteiger partial charge in [0.1, 0.15) is 36.3 Å². The van der Waals surface area contributed by atoms with Gasteiger partial charge in [0, 0.05) is 0 Å². The highest BCUT2D eigenvalue weighted by atomic mass is 31.2. The molecule has 0 bridgehead atoms. The number of benzene rings is 1. The van der Waals surface area contributed by atoms with Crippen LogP contribution in [0.3, 0.4) is 0 Å². The molecule has 1 aliphatic heterocycles. The highest BCUT2D eigenvalue weighted by Crippen LogP contribution is 2.50. The van der Waals surface area contributed by atoms with Gasteiger partial charge < -0.3 is 34.7 Å². The van der Waals surface area contributed by atoms with Crippen molar-refractivity contribution in [2.75, 3.05) is 25.6 Å². The zero-order valence-electron chi connectivity index (χ0n) is 25.9. The maximum Gasteiger partial charge on any atom is 0.459 e. The zero-order valence-corrected chi connectivity index (χ0v) is 26.8. The number of carbonyl (C=O) groups excluding carboxylic acids is 1. The molecule has 46 heavy (non-hydrogen) atoms. The minimum absolute atomic E-state index is 0.0863. The number of hydrogen-bond acceptors (Lipinski definition) is 13. The van der Waals surface area contributed by atoms with E-state index in [1.54, 1.807) is 25.1 Å². The molecule has 1 aliphatic carbocycles. The van der Waals surface area contributed by atoms with E-state index in [2.05, 4.69) is 20.0 Å². The van der Waals surface area contributed by atoms with Crippen LogP contribution in [-0.4, -0.2) is 85.0 Å². The third-order valence-electron chi connectivity index (χ3n) is 8.05. The minimum Gasteiger partial charge on any atom is -0.476 e. The maximum atomic E-state index is 15.0. The van der Waals surface area contributed by atoms with Gasteiger partial charge in [-0.1, -0.05) is 24.6 Å². The molecular formula is C29H40FN6O9P. The molecule has 1 saturated carbocycles. The number of imidazole rings is 1. The van der Waals surface area contributed by atoms with Gasteiger partial charge in [0.05, 0.1) is 19.5 Å². The second-order valence-electron chi connectivity index (χ2n) is 11.7. The molecule has 2 aliphatic rings. The van der Waals surface area contributed by atoms with Gasteiger partial charge in [-0.05, 0) is 58.6 Å². The van der Waals surface area contributed by atoms with Crippen molar-refractivity contribution in [2.45, 2.75) is 88.6 Å². The number of nitrogens with one attached hydrogen (secondary N) is 1. The maximum absolute atomic E-state index is 15.0. The van der Waals surface area contributed by atoms with Crippen LogP contribution in [0, 0.1) is 0 Å². The largest absolute Gasteiger partial charge is 0.476 e.